The summed E-state index contributed by atoms with van der Waals surface area (Å²) in [5.74, 6) is 0.498. The summed E-state index contributed by atoms with van der Waals surface area (Å²) in [4.78, 5) is 11.9. The Morgan fingerprint density at radius 1 is 1.18 bits per heavy atom. The lowest BCUT2D eigenvalue weighted by Crippen LogP contribution is -2.20. The van der Waals surface area contributed by atoms with Crippen molar-refractivity contribution >= 4 is 11.6 Å². The molecule has 0 radical (unpaired) electrons. The molecular formula is C18H18N2O2. The van der Waals surface area contributed by atoms with Crippen LogP contribution in [0, 0.1) is 25.2 Å². The van der Waals surface area contributed by atoms with Gasteiger partial charge < -0.3 is 10.1 Å². The van der Waals surface area contributed by atoms with E-state index in [0.29, 0.717) is 17.9 Å². The number of rotatable bonds is 5. The van der Waals surface area contributed by atoms with Gasteiger partial charge in [0.05, 0.1) is 12.5 Å². The third kappa shape index (κ3) is 4.35. The number of nitrogens with zero attached hydrogens (tertiary/aromatic N) is 1. The van der Waals surface area contributed by atoms with E-state index < -0.39 is 0 Å². The molecule has 0 aliphatic carbocycles. The van der Waals surface area contributed by atoms with Crippen molar-refractivity contribution in [2.45, 2.75) is 20.3 Å². The van der Waals surface area contributed by atoms with Crippen LogP contribution >= 0.6 is 0 Å². The van der Waals surface area contributed by atoms with E-state index in [1.165, 1.54) is 0 Å². The maximum Gasteiger partial charge on any atom is 0.262 e. The van der Waals surface area contributed by atoms with Gasteiger partial charge in [0.2, 0.25) is 0 Å². The van der Waals surface area contributed by atoms with Gasteiger partial charge in [-0.25, -0.2) is 0 Å². The quantitative estimate of drug-likeness (QED) is 0.919. The molecule has 0 bridgehead atoms. The fourth-order valence-electron chi connectivity index (χ4n) is 2.10. The van der Waals surface area contributed by atoms with Crippen molar-refractivity contribution in [1.82, 2.24) is 0 Å². The van der Waals surface area contributed by atoms with E-state index in [9.17, 15) is 4.79 Å². The highest BCUT2D eigenvalue weighted by molar-refractivity contribution is 5.91. The number of amides is 1. The van der Waals surface area contributed by atoms with Gasteiger partial charge in [0, 0.05) is 5.69 Å². The molecule has 112 valence electrons. The van der Waals surface area contributed by atoms with Crippen LogP contribution in [-0.4, -0.2) is 12.5 Å². The largest absolute Gasteiger partial charge is 0.483 e. The molecule has 1 N–H and O–H groups in total. The average Bonchev–Trinajstić information content (AvgIpc) is 2.49. The van der Waals surface area contributed by atoms with Crippen molar-refractivity contribution < 1.29 is 9.53 Å². The standard InChI is InChI=1S/C18H18N2O2/c1-13-3-8-17(14(2)11-13)22-12-18(21)20-16-6-4-15(5-7-16)9-10-19/h3-8,11H,9,12H2,1-2H3,(H,20,21). The Bertz CT molecular complexity index is 700. The Kier molecular flexibility index (Phi) is 5.16. The molecule has 0 atom stereocenters. The molecule has 2 rings (SSSR count). The van der Waals surface area contributed by atoms with E-state index in [-0.39, 0.29) is 12.5 Å². The van der Waals surface area contributed by atoms with Crippen molar-refractivity contribution in [3.63, 3.8) is 0 Å². The van der Waals surface area contributed by atoms with Crippen molar-refractivity contribution in [3.05, 3.63) is 59.2 Å². The van der Waals surface area contributed by atoms with Gasteiger partial charge in [0.15, 0.2) is 6.61 Å². The molecule has 4 heteroatoms. The molecule has 22 heavy (non-hydrogen) atoms. The van der Waals surface area contributed by atoms with Crippen LogP contribution in [0.1, 0.15) is 16.7 Å². The molecule has 0 fully saturated rings. The fraction of sp³-hybridized carbons (Fsp3) is 0.222. The van der Waals surface area contributed by atoms with Crippen LogP contribution in [0.2, 0.25) is 0 Å². The second kappa shape index (κ2) is 7.28. The zero-order chi connectivity index (χ0) is 15.9. The monoisotopic (exact) mass is 294 g/mol. The highest BCUT2D eigenvalue weighted by atomic mass is 16.5. The van der Waals surface area contributed by atoms with Crippen molar-refractivity contribution in [2.24, 2.45) is 0 Å². The van der Waals surface area contributed by atoms with Crippen molar-refractivity contribution in [3.8, 4) is 11.8 Å². The zero-order valence-electron chi connectivity index (χ0n) is 12.7. The first-order valence-corrected chi connectivity index (χ1v) is 7.04. The Balaban J connectivity index is 1.89. The van der Waals surface area contributed by atoms with E-state index in [1.807, 2.05) is 44.2 Å². The summed E-state index contributed by atoms with van der Waals surface area (Å²) < 4.78 is 5.53. The number of carbonyl (C=O) groups excluding carboxylic acids is 1. The first-order valence-electron chi connectivity index (χ1n) is 7.04. The lowest BCUT2D eigenvalue weighted by atomic mass is 10.1. The lowest BCUT2D eigenvalue weighted by Gasteiger charge is -2.10. The van der Waals surface area contributed by atoms with E-state index >= 15 is 0 Å². The Morgan fingerprint density at radius 2 is 1.91 bits per heavy atom. The van der Waals surface area contributed by atoms with Crippen LogP contribution in [0.3, 0.4) is 0 Å². The number of hydrogen-bond donors (Lipinski definition) is 1. The summed E-state index contributed by atoms with van der Waals surface area (Å²) in [6.45, 7) is 3.93. The number of aryl methyl sites for hydroxylation is 2. The molecule has 0 unspecified atom stereocenters. The third-order valence-corrected chi connectivity index (χ3v) is 3.21. The van der Waals surface area contributed by atoms with Gasteiger partial charge in [-0.3, -0.25) is 4.79 Å². The molecule has 0 aromatic heterocycles. The molecule has 0 aliphatic rings. The summed E-state index contributed by atoms with van der Waals surface area (Å²) >= 11 is 0. The minimum atomic E-state index is -0.215. The first kappa shape index (κ1) is 15.6. The second-order valence-electron chi connectivity index (χ2n) is 5.14. The van der Waals surface area contributed by atoms with Gasteiger partial charge in [-0.15, -0.1) is 0 Å². The SMILES string of the molecule is Cc1ccc(OCC(=O)Nc2ccc(CC#N)cc2)c(C)c1. The number of ether oxygens (including phenoxy) is 1. The predicted octanol–water partition coefficient (Wildman–Crippen LogP) is 3.39. The predicted molar refractivity (Wildman–Crippen MR) is 85.8 cm³/mol. The van der Waals surface area contributed by atoms with Gasteiger partial charge >= 0.3 is 0 Å². The zero-order valence-corrected chi connectivity index (χ0v) is 12.7. The number of benzene rings is 2. The highest BCUT2D eigenvalue weighted by Crippen LogP contribution is 2.18. The third-order valence-electron chi connectivity index (χ3n) is 3.21. The molecule has 2 aromatic rings. The summed E-state index contributed by atoms with van der Waals surface area (Å²) in [5.41, 5.74) is 3.78. The fourth-order valence-corrected chi connectivity index (χ4v) is 2.10. The number of hydrogen-bond acceptors (Lipinski definition) is 3. The molecule has 4 nitrogen and oxygen atoms in total. The topological polar surface area (TPSA) is 62.1 Å². The molecule has 0 spiro atoms. The van der Waals surface area contributed by atoms with Crippen LogP contribution in [0.25, 0.3) is 0 Å². The average molecular weight is 294 g/mol. The van der Waals surface area contributed by atoms with Crippen molar-refractivity contribution in [2.75, 3.05) is 11.9 Å². The summed E-state index contributed by atoms with van der Waals surface area (Å²) in [5, 5.41) is 11.4. The maximum absolute atomic E-state index is 11.9. The Labute approximate surface area is 130 Å². The molecule has 0 saturated heterocycles. The number of carbonyl (C=O) groups is 1. The highest BCUT2D eigenvalue weighted by Gasteiger charge is 2.06. The van der Waals surface area contributed by atoms with Crippen LogP contribution in [0.4, 0.5) is 5.69 Å². The summed E-state index contributed by atoms with van der Waals surface area (Å²) in [6, 6.07) is 15.1. The summed E-state index contributed by atoms with van der Waals surface area (Å²) in [7, 11) is 0. The van der Waals surface area contributed by atoms with Gasteiger partial charge in [-0.1, -0.05) is 29.8 Å². The van der Waals surface area contributed by atoms with Gasteiger partial charge in [0.1, 0.15) is 5.75 Å². The van der Waals surface area contributed by atoms with Gasteiger partial charge in [-0.2, -0.15) is 5.26 Å². The normalized spacial score (nSPS) is 9.86. The minimum Gasteiger partial charge on any atom is -0.483 e. The van der Waals surface area contributed by atoms with Crippen LogP contribution in [0.5, 0.6) is 5.75 Å². The van der Waals surface area contributed by atoms with Gasteiger partial charge in [0.25, 0.3) is 5.91 Å². The molecular weight excluding hydrogens is 276 g/mol. The molecule has 2 aromatic carbocycles. The first-order chi connectivity index (χ1) is 10.6. The minimum absolute atomic E-state index is 0.0378. The van der Waals surface area contributed by atoms with E-state index in [0.717, 1.165) is 16.7 Å². The van der Waals surface area contributed by atoms with Gasteiger partial charge in [-0.05, 0) is 43.2 Å². The van der Waals surface area contributed by atoms with Crippen LogP contribution < -0.4 is 10.1 Å². The lowest BCUT2D eigenvalue weighted by molar-refractivity contribution is -0.118. The number of anilines is 1. The van der Waals surface area contributed by atoms with E-state index in [1.54, 1.807) is 12.1 Å². The number of nitriles is 1. The smallest absolute Gasteiger partial charge is 0.262 e. The maximum atomic E-state index is 11.9. The number of nitrogens with one attached hydrogen (secondary N) is 1. The van der Waals surface area contributed by atoms with E-state index in [4.69, 9.17) is 10.00 Å². The molecule has 1 amide bonds. The van der Waals surface area contributed by atoms with Crippen LogP contribution in [0.15, 0.2) is 42.5 Å². The Hall–Kier alpha value is -2.80. The summed E-state index contributed by atoms with van der Waals surface area (Å²) in [6.07, 6.45) is 0.365. The second-order valence-corrected chi connectivity index (χ2v) is 5.14. The van der Waals surface area contributed by atoms with E-state index in [2.05, 4.69) is 11.4 Å². The van der Waals surface area contributed by atoms with Crippen LogP contribution in [-0.2, 0) is 11.2 Å². The molecule has 0 aliphatic heterocycles. The Morgan fingerprint density at radius 3 is 2.55 bits per heavy atom. The molecule has 0 saturated carbocycles. The van der Waals surface area contributed by atoms with Crippen molar-refractivity contribution in [1.29, 1.82) is 5.26 Å². The molecule has 0 heterocycles.